The van der Waals surface area contributed by atoms with Crippen molar-refractivity contribution < 1.29 is 0 Å². The second-order valence-corrected chi connectivity index (χ2v) is 16.9. The third kappa shape index (κ3) is 7.12. The standard InChI is InChI=1S/C64H44N2/c1-3-14-45(15-4-1)48-30-37-54(38-31-48)65(55-39-32-49(33-40-55)46-16-5-2-6-17-46)56-41-34-50(35-42-56)47-26-28-52(29-27-47)59-21-9-11-24-62(59)66-63-25-12-10-22-60(63)61-44-53(36-43-64(61)66)58-23-13-19-51-18-7-8-20-57(51)58/h1-44H. The summed E-state index contributed by atoms with van der Waals surface area (Å²) in [6.07, 6.45) is 0. The molecule has 1 heterocycles. The van der Waals surface area contributed by atoms with Crippen molar-refractivity contribution in [3.63, 3.8) is 0 Å². The Labute approximate surface area is 385 Å². The molecule has 0 aliphatic carbocycles. The first-order chi connectivity index (χ1) is 32.7. The van der Waals surface area contributed by atoms with Crippen LogP contribution in [-0.2, 0) is 0 Å². The number of rotatable bonds is 9. The van der Waals surface area contributed by atoms with Crippen molar-refractivity contribution in [3.8, 4) is 61.3 Å². The van der Waals surface area contributed by atoms with Crippen LogP contribution in [0, 0.1) is 0 Å². The SMILES string of the molecule is c1ccc(-c2ccc(N(c3ccc(-c4ccccc4)cc3)c3ccc(-c4ccc(-c5ccccc5-n5c6ccccc6c6cc(-c7cccc8ccccc78)ccc65)cc4)cc3)cc2)cc1. The Bertz CT molecular complexity index is 3560. The van der Waals surface area contributed by atoms with Crippen molar-refractivity contribution in [2.45, 2.75) is 0 Å². The molecule has 0 N–H and O–H groups in total. The van der Waals surface area contributed by atoms with Gasteiger partial charge in [-0.3, -0.25) is 0 Å². The molecule has 0 saturated heterocycles. The molecule has 0 bridgehead atoms. The molecular weight excluding hydrogens is 797 g/mol. The predicted octanol–water partition coefficient (Wildman–Crippen LogP) is 17.7. The predicted molar refractivity (Wildman–Crippen MR) is 280 cm³/mol. The fourth-order valence-corrected chi connectivity index (χ4v) is 9.75. The molecule has 0 amide bonds. The number of fused-ring (bicyclic) bond motifs is 4. The number of anilines is 3. The van der Waals surface area contributed by atoms with Gasteiger partial charge in [0.15, 0.2) is 0 Å². The van der Waals surface area contributed by atoms with Crippen LogP contribution in [0.4, 0.5) is 17.1 Å². The molecule has 2 nitrogen and oxygen atoms in total. The van der Waals surface area contributed by atoms with Crippen molar-refractivity contribution in [1.29, 1.82) is 0 Å². The van der Waals surface area contributed by atoms with Gasteiger partial charge >= 0.3 is 0 Å². The third-order valence-corrected chi connectivity index (χ3v) is 13.0. The summed E-state index contributed by atoms with van der Waals surface area (Å²) in [6, 6.07) is 96.7. The van der Waals surface area contributed by atoms with E-state index in [1.165, 1.54) is 88.2 Å². The molecule has 0 radical (unpaired) electrons. The normalized spacial score (nSPS) is 11.3. The van der Waals surface area contributed by atoms with E-state index in [-0.39, 0.29) is 0 Å². The maximum absolute atomic E-state index is 2.44. The van der Waals surface area contributed by atoms with E-state index < -0.39 is 0 Å². The Morgan fingerprint density at radius 2 is 0.652 bits per heavy atom. The van der Waals surface area contributed by atoms with Gasteiger partial charge < -0.3 is 9.47 Å². The summed E-state index contributed by atoms with van der Waals surface area (Å²) < 4.78 is 2.44. The molecular formula is C64H44N2. The average molecular weight is 841 g/mol. The minimum absolute atomic E-state index is 1.10. The molecule has 0 unspecified atom stereocenters. The van der Waals surface area contributed by atoms with E-state index >= 15 is 0 Å². The average Bonchev–Trinajstić information content (AvgIpc) is 3.73. The molecule has 0 aliphatic rings. The zero-order valence-electron chi connectivity index (χ0n) is 36.3. The quantitative estimate of drug-likeness (QED) is 0.141. The van der Waals surface area contributed by atoms with Gasteiger partial charge in [-0.15, -0.1) is 0 Å². The Balaban J connectivity index is 0.873. The minimum Gasteiger partial charge on any atom is -0.311 e. The highest BCUT2D eigenvalue weighted by Gasteiger charge is 2.18. The summed E-state index contributed by atoms with van der Waals surface area (Å²) in [4.78, 5) is 2.34. The van der Waals surface area contributed by atoms with Crippen LogP contribution in [-0.4, -0.2) is 4.57 Å². The van der Waals surface area contributed by atoms with Crippen molar-refractivity contribution in [2.24, 2.45) is 0 Å². The second kappa shape index (κ2) is 16.8. The molecule has 1 aromatic heterocycles. The zero-order chi connectivity index (χ0) is 43.8. The summed E-state index contributed by atoms with van der Waals surface area (Å²) in [6.45, 7) is 0. The highest BCUT2D eigenvalue weighted by molar-refractivity contribution is 6.12. The number of aromatic nitrogens is 1. The lowest BCUT2D eigenvalue weighted by atomic mass is 9.97. The lowest BCUT2D eigenvalue weighted by Crippen LogP contribution is -2.09. The van der Waals surface area contributed by atoms with Gasteiger partial charge in [-0.25, -0.2) is 0 Å². The van der Waals surface area contributed by atoms with Gasteiger partial charge in [-0.1, -0.05) is 206 Å². The van der Waals surface area contributed by atoms with Crippen LogP contribution in [0.5, 0.6) is 0 Å². The highest BCUT2D eigenvalue weighted by Crippen LogP contribution is 2.41. The summed E-state index contributed by atoms with van der Waals surface area (Å²) in [5.74, 6) is 0. The van der Waals surface area contributed by atoms with Gasteiger partial charge in [-0.05, 0) is 122 Å². The first-order valence-electron chi connectivity index (χ1n) is 22.7. The molecule has 0 aliphatic heterocycles. The number of nitrogens with zero attached hydrogens (tertiary/aromatic N) is 2. The molecule has 0 atom stereocenters. The Kier molecular flexibility index (Phi) is 9.89. The van der Waals surface area contributed by atoms with E-state index in [4.69, 9.17) is 0 Å². The molecule has 66 heavy (non-hydrogen) atoms. The molecule has 310 valence electrons. The summed E-state index contributed by atoms with van der Waals surface area (Å²) >= 11 is 0. The van der Waals surface area contributed by atoms with E-state index in [1.807, 2.05) is 0 Å². The van der Waals surface area contributed by atoms with Crippen molar-refractivity contribution >= 4 is 49.6 Å². The van der Waals surface area contributed by atoms with Crippen LogP contribution in [0.3, 0.4) is 0 Å². The van der Waals surface area contributed by atoms with Crippen LogP contribution in [0.25, 0.3) is 93.9 Å². The van der Waals surface area contributed by atoms with Crippen LogP contribution < -0.4 is 4.90 Å². The lowest BCUT2D eigenvalue weighted by molar-refractivity contribution is 1.18. The van der Waals surface area contributed by atoms with E-state index in [0.717, 1.165) is 22.7 Å². The Hall–Kier alpha value is -8.72. The second-order valence-electron chi connectivity index (χ2n) is 16.9. The van der Waals surface area contributed by atoms with Gasteiger partial charge in [0.05, 0.1) is 16.7 Å². The molecule has 0 fully saturated rings. The largest absolute Gasteiger partial charge is 0.311 e. The van der Waals surface area contributed by atoms with E-state index in [2.05, 4.69) is 276 Å². The van der Waals surface area contributed by atoms with Crippen molar-refractivity contribution in [3.05, 3.63) is 267 Å². The Morgan fingerprint density at radius 3 is 1.26 bits per heavy atom. The van der Waals surface area contributed by atoms with Crippen molar-refractivity contribution in [1.82, 2.24) is 4.57 Å². The van der Waals surface area contributed by atoms with E-state index in [0.29, 0.717) is 0 Å². The fraction of sp³-hybridized carbons (Fsp3) is 0. The number of hydrogen-bond acceptors (Lipinski definition) is 1. The van der Waals surface area contributed by atoms with Crippen molar-refractivity contribution in [2.75, 3.05) is 4.90 Å². The summed E-state index contributed by atoms with van der Waals surface area (Å²) in [7, 11) is 0. The first kappa shape index (κ1) is 38.9. The van der Waals surface area contributed by atoms with Gasteiger partial charge in [0.2, 0.25) is 0 Å². The number of benzene rings is 11. The van der Waals surface area contributed by atoms with Gasteiger partial charge in [0.25, 0.3) is 0 Å². The van der Waals surface area contributed by atoms with Gasteiger partial charge in [0, 0.05) is 33.4 Å². The maximum atomic E-state index is 2.44. The summed E-state index contributed by atoms with van der Waals surface area (Å²) in [5.41, 5.74) is 18.8. The lowest BCUT2D eigenvalue weighted by Gasteiger charge is -2.26. The van der Waals surface area contributed by atoms with Gasteiger partial charge in [-0.2, -0.15) is 0 Å². The molecule has 0 saturated carbocycles. The molecule has 12 rings (SSSR count). The number of hydrogen-bond donors (Lipinski definition) is 0. The molecule has 11 aromatic carbocycles. The smallest absolute Gasteiger partial charge is 0.0541 e. The van der Waals surface area contributed by atoms with Crippen LogP contribution in [0.1, 0.15) is 0 Å². The van der Waals surface area contributed by atoms with Crippen LogP contribution in [0.2, 0.25) is 0 Å². The number of para-hydroxylation sites is 2. The van der Waals surface area contributed by atoms with Crippen LogP contribution in [0.15, 0.2) is 267 Å². The molecule has 2 heteroatoms. The summed E-state index contributed by atoms with van der Waals surface area (Å²) in [5, 5.41) is 5.01. The molecule has 0 spiro atoms. The minimum atomic E-state index is 1.10. The maximum Gasteiger partial charge on any atom is 0.0541 e. The highest BCUT2D eigenvalue weighted by atomic mass is 15.1. The topological polar surface area (TPSA) is 8.17 Å². The molecule has 12 aromatic rings. The zero-order valence-corrected chi connectivity index (χ0v) is 36.3. The van der Waals surface area contributed by atoms with Crippen LogP contribution >= 0.6 is 0 Å². The van der Waals surface area contributed by atoms with E-state index in [9.17, 15) is 0 Å². The monoisotopic (exact) mass is 840 g/mol. The first-order valence-corrected chi connectivity index (χ1v) is 22.7. The van der Waals surface area contributed by atoms with E-state index in [1.54, 1.807) is 0 Å². The van der Waals surface area contributed by atoms with Gasteiger partial charge in [0.1, 0.15) is 0 Å². The Morgan fingerprint density at radius 1 is 0.242 bits per heavy atom. The third-order valence-electron chi connectivity index (χ3n) is 13.0. The fourth-order valence-electron chi connectivity index (χ4n) is 9.75.